The van der Waals surface area contributed by atoms with Gasteiger partial charge in [0.25, 0.3) is 5.91 Å². The van der Waals surface area contributed by atoms with Crippen LogP contribution in [0.3, 0.4) is 0 Å². The van der Waals surface area contributed by atoms with Gasteiger partial charge in [-0.15, -0.1) is 11.3 Å². The topological polar surface area (TPSA) is 58.4 Å². The van der Waals surface area contributed by atoms with Crippen molar-refractivity contribution >= 4 is 22.9 Å². The predicted molar refractivity (Wildman–Crippen MR) is 71.5 cm³/mol. The zero-order valence-electron chi connectivity index (χ0n) is 10.3. The monoisotopic (exact) mass is 253 g/mol. The van der Waals surface area contributed by atoms with E-state index in [1.807, 2.05) is 6.92 Å². The van der Waals surface area contributed by atoms with Gasteiger partial charge in [0, 0.05) is 29.7 Å². The molecule has 5 heteroatoms. The summed E-state index contributed by atoms with van der Waals surface area (Å²) in [4.78, 5) is 15.8. The Bertz CT molecular complexity index is 392. The Hall–Kier alpha value is -1.07. The molecule has 0 atom stereocenters. The Morgan fingerprint density at radius 3 is 2.88 bits per heavy atom. The maximum absolute atomic E-state index is 11.8. The average molecular weight is 253 g/mol. The maximum atomic E-state index is 11.8. The minimum Gasteiger partial charge on any atom is -0.398 e. The zero-order chi connectivity index (χ0) is 12.4. The minimum absolute atomic E-state index is 0.0148. The van der Waals surface area contributed by atoms with Crippen molar-refractivity contribution in [1.82, 2.24) is 10.2 Å². The molecule has 1 aromatic heterocycles. The van der Waals surface area contributed by atoms with Crippen LogP contribution in [0.5, 0.6) is 0 Å². The van der Waals surface area contributed by atoms with Crippen molar-refractivity contribution in [2.24, 2.45) is 0 Å². The second kappa shape index (κ2) is 5.06. The fourth-order valence-corrected chi connectivity index (χ4v) is 2.60. The molecule has 0 aromatic carbocycles. The Balaban J connectivity index is 1.76. The highest BCUT2D eigenvalue weighted by atomic mass is 32.1. The Kier molecular flexibility index (Phi) is 3.69. The first-order chi connectivity index (χ1) is 8.08. The molecule has 17 heavy (non-hydrogen) atoms. The van der Waals surface area contributed by atoms with Crippen LogP contribution in [0.4, 0.5) is 5.69 Å². The molecule has 0 unspecified atom stereocenters. The van der Waals surface area contributed by atoms with Crippen LogP contribution in [-0.4, -0.2) is 37.0 Å². The molecule has 0 bridgehead atoms. The minimum atomic E-state index is -0.0148. The van der Waals surface area contributed by atoms with E-state index in [0.717, 1.165) is 17.5 Å². The fraction of sp³-hybridized carbons (Fsp3) is 0.583. The van der Waals surface area contributed by atoms with Gasteiger partial charge in [0.05, 0.1) is 4.88 Å². The highest BCUT2D eigenvalue weighted by molar-refractivity contribution is 7.14. The maximum Gasteiger partial charge on any atom is 0.261 e. The number of nitrogens with zero attached hydrogens (tertiary/aromatic N) is 1. The lowest BCUT2D eigenvalue weighted by molar-refractivity contribution is 0.0953. The third-order valence-corrected chi connectivity index (χ3v) is 4.17. The summed E-state index contributed by atoms with van der Waals surface area (Å²) in [6, 6.07) is 2.49. The standard InChI is InChI=1S/C12H19N3OS/c1-8-10(13)7-11(17-8)12(16)14-5-6-15(2)9-3-4-9/h7,9H,3-6,13H2,1-2H3,(H,14,16). The van der Waals surface area contributed by atoms with Crippen molar-refractivity contribution in [3.8, 4) is 0 Å². The Morgan fingerprint density at radius 2 is 2.35 bits per heavy atom. The van der Waals surface area contributed by atoms with Gasteiger partial charge in [0.1, 0.15) is 0 Å². The summed E-state index contributed by atoms with van der Waals surface area (Å²) in [5.74, 6) is -0.0148. The summed E-state index contributed by atoms with van der Waals surface area (Å²) in [5.41, 5.74) is 6.43. The molecule has 0 radical (unpaired) electrons. The van der Waals surface area contributed by atoms with E-state index in [4.69, 9.17) is 5.73 Å². The van der Waals surface area contributed by atoms with Crippen molar-refractivity contribution in [2.45, 2.75) is 25.8 Å². The molecule has 0 aliphatic heterocycles. The van der Waals surface area contributed by atoms with Gasteiger partial charge in [0.2, 0.25) is 0 Å². The molecule has 4 nitrogen and oxygen atoms in total. The van der Waals surface area contributed by atoms with Crippen molar-refractivity contribution in [1.29, 1.82) is 0 Å². The first-order valence-corrected chi connectivity index (χ1v) is 6.74. The Labute approximate surface area is 106 Å². The first-order valence-electron chi connectivity index (χ1n) is 5.92. The lowest BCUT2D eigenvalue weighted by atomic mass is 10.3. The SMILES string of the molecule is Cc1sc(C(=O)NCCN(C)C2CC2)cc1N. The number of hydrogen-bond donors (Lipinski definition) is 2. The second-order valence-electron chi connectivity index (χ2n) is 4.59. The van der Waals surface area contributed by atoms with Crippen LogP contribution >= 0.6 is 11.3 Å². The molecule has 3 N–H and O–H groups in total. The molecule has 1 aliphatic rings. The summed E-state index contributed by atoms with van der Waals surface area (Å²) in [6.07, 6.45) is 2.59. The number of nitrogen functional groups attached to an aromatic ring is 1. The molecule has 1 aliphatic carbocycles. The Morgan fingerprint density at radius 1 is 1.65 bits per heavy atom. The number of carbonyl (C=O) groups is 1. The number of carbonyl (C=O) groups excluding carboxylic acids is 1. The molecule has 0 spiro atoms. The molecule has 1 fully saturated rings. The van der Waals surface area contributed by atoms with Gasteiger partial charge in [0.15, 0.2) is 0 Å². The first kappa shape index (κ1) is 12.4. The van der Waals surface area contributed by atoms with E-state index >= 15 is 0 Å². The van der Waals surface area contributed by atoms with Crippen LogP contribution in [0, 0.1) is 6.92 Å². The predicted octanol–water partition coefficient (Wildman–Crippen LogP) is 1.46. The van der Waals surface area contributed by atoms with Gasteiger partial charge >= 0.3 is 0 Å². The number of rotatable bonds is 5. The van der Waals surface area contributed by atoms with Gasteiger partial charge < -0.3 is 16.0 Å². The molecule has 94 valence electrons. The number of aryl methyl sites for hydroxylation is 1. The normalized spacial score (nSPS) is 15.2. The van der Waals surface area contributed by atoms with Gasteiger partial charge in [-0.1, -0.05) is 0 Å². The van der Waals surface area contributed by atoms with Crippen molar-refractivity contribution in [3.05, 3.63) is 15.8 Å². The largest absolute Gasteiger partial charge is 0.398 e. The average Bonchev–Trinajstić information content (AvgIpc) is 3.06. The number of hydrogen-bond acceptors (Lipinski definition) is 4. The molecule has 1 heterocycles. The third-order valence-electron chi connectivity index (χ3n) is 3.10. The number of thiophene rings is 1. The number of likely N-dealkylation sites (N-methyl/N-ethyl adjacent to an activating group) is 1. The van der Waals surface area contributed by atoms with E-state index in [0.29, 0.717) is 17.1 Å². The van der Waals surface area contributed by atoms with Crippen LogP contribution in [0.15, 0.2) is 6.07 Å². The lowest BCUT2D eigenvalue weighted by Gasteiger charge is -2.15. The fourth-order valence-electron chi connectivity index (χ4n) is 1.74. The lowest BCUT2D eigenvalue weighted by Crippen LogP contribution is -2.33. The van der Waals surface area contributed by atoms with E-state index in [9.17, 15) is 4.79 Å². The molecular formula is C12H19N3OS. The molecule has 1 aromatic rings. The van der Waals surface area contributed by atoms with Crippen LogP contribution in [0.1, 0.15) is 27.4 Å². The molecule has 1 saturated carbocycles. The van der Waals surface area contributed by atoms with E-state index in [1.165, 1.54) is 24.2 Å². The van der Waals surface area contributed by atoms with Crippen LogP contribution in [-0.2, 0) is 0 Å². The van der Waals surface area contributed by atoms with Gasteiger partial charge in [-0.05, 0) is 32.9 Å². The number of nitrogens with one attached hydrogen (secondary N) is 1. The summed E-state index contributed by atoms with van der Waals surface area (Å²) in [6.45, 7) is 3.54. The van der Waals surface area contributed by atoms with Crippen LogP contribution in [0.25, 0.3) is 0 Å². The van der Waals surface area contributed by atoms with Crippen LogP contribution in [0.2, 0.25) is 0 Å². The molecular weight excluding hydrogens is 234 g/mol. The van der Waals surface area contributed by atoms with Gasteiger partial charge in [-0.3, -0.25) is 4.79 Å². The van der Waals surface area contributed by atoms with Crippen molar-refractivity contribution < 1.29 is 4.79 Å². The highest BCUT2D eigenvalue weighted by Crippen LogP contribution is 2.25. The quantitative estimate of drug-likeness (QED) is 0.835. The summed E-state index contributed by atoms with van der Waals surface area (Å²) < 4.78 is 0. The van der Waals surface area contributed by atoms with Gasteiger partial charge in [-0.2, -0.15) is 0 Å². The number of nitrogens with two attached hydrogens (primary N) is 1. The molecule has 1 amide bonds. The summed E-state index contributed by atoms with van der Waals surface area (Å²) in [5, 5.41) is 2.93. The summed E-state index contributed by atoms with van der Waals surface area (Å²) in [7, 11) is 2.11. The van der Waals surface area contributed by atoms with Gasteiger partial charge in [-0.25, -0.2) is 0 Å². The van der Waals surface area contributed by atoms with Crippen molar-refractivity contribution in [3.63, 3.8) is 0 Å². The highest BCUT2D eigenvalue weighted by Gasteiger charge is 2.25. The number of anilines is 1. The smallest absolute Gasteiger partial charge is 0.261 e. The van der Waals surface area contributed by atoms with E-state index in [-0.39, 0.29) is 5.91 Å². The van der Waals surface area contributed by atoms with E-state index in [2.05, 4.69) is 17.3 Å². The number of amides is 1. The molecule has 0 saturated heterocycles. The molecule has 2 rings (SSSR count). The third kappa shape index (κ3) is 3.20. The van der Waals surface area contributed by atoms with E-state index < -0.39 is 0 Å². The second-order valence-corrected chi connectivity index (χ2v) is 5.85. The van der Waals surface area contributed by atoms with Crippen molar-refractivity contribution in [2.75, 3.05) is 25.9 Å². The van der Waals surface area contributed by atoms with Crippen LogP contribution < -0.4 is 11.1 Å². The summed E-state index contributed by atoms with van der Waals surface area (Å²) >= 11 is 1.45. The van der Waals surface area contributed by atoms with E-state index in [1.54, 1.807) is 6.07 Å². The zero-order valence-corrected chi connectivity index (χ0v) is 11.1.